The van der Waals surface area contributed by atoms with Gasteiger partial charge in [0.2, 0.25) is 0 Å². The molecule has 2 aliphatic carbocycles. The van der Waals surface area contributed by atoms with Gasteiger partial charge in [-0.1, -0.05) is 25.5 Å². The van der Waals surface area contributed by atoms with Crippen LogP contribution in [0.25, 0.3) is 0 Å². The van der Waals surface area contributed by atoms with Crippen molar-refractivity contribution in [2.24, 2.45) is 23.7 Å². The molecule has 2 bridgehead atoms. The molecular formula is C17H26O5. The predicted octanol–water partition coefficient (Wildman–Crippen LogP) is 3.32. The Morgan fingerprint density at radius 3 is 2.18 bits per heavy atom. The molecule has 0 aromatic heterocycles. The Morgan fingerprint density at radius 2 is 1.73 bits per heavy atom. The third kappa shape index (κ3) is 3.34. The molecular weight excluding hydrogens is 284 g/mol. The summed E-state index contributed by atoms with van der Waals surface area (Å²) in [5, 5.41) is 19.6. The van der Waals surface area contributed by atoms with Gasteiger partial charge in [0.05, 0.1) is 18.6 Å². The molecule has 0 heterocycles. The SMILES string of the molecule is C/C=C1/[C@H]2CC[C@@H]1[C@@H](C(=O)O)[C@H]2/C(O)=C/C(=O)OCC.CC. The number of aliphatic hydroxyl groups excluding tert-OH is 1. The number of ether oxygens (including phenoxy) is 1. The third-order valence-corrected chi connectivity index (χ3v) is 4.41. The summed E-state index contributed by atoms with van der Waals surface area (Å²) in [6.45, 7) is 7.80. The number of carboxylic acids is 1. The average Bonchev–Trinajstić information content (AvgIpc) is 3.03. The van der Waals surface area contributed by atoms with Crippen molar-refractivity contribution in [1.82, 2.24) is 0 Å². The van der Waals surface area contributed by atoms with Crippen molar-refractivity contribution in [3.05, 3.63) is 23.5 Å². The van der Waals surface area contributed by atoms with Crippen LogP contribution in [0, 0.1) is 23.7 Å². The van der Waals surface area contributed by atoms with Crippen molar-refractivity contribution in [2.75, 3.05) is 6.61 Å². The number of rotatable bonds is 4. The van der Waals surface area contributed by atoms with Gasteiger partial charge in [0, 0.05) is 5.92 Å². The molecule has 2 N–H and O–H groups in total. The first-order valence-corrected chi connectivity index (χ1v) is 7.97. The van der Waals surface area contributed by atoms with Crippen molar-refractivity contribution < 1.29 is 24.5 Å². The van der Waals surface area contributed by atoms with Crippen LogP contribution in [-0.4, -0.2) is 28.8 Å². The van der Waals surface area contributed by atoms with Gasteiger partial charge in [-0.05, 0) is 38.5 Å². The quantitative estimate of drug-likeness (QED) is 0.360. The number of aliphatic carboxylic acids is 1. The standard InChI is InChI=1S/C15H20O5.C2H6/c1-3-8-9-5-6-10(8)14(15(18)19)13(9)11(16)7-12(17)20-4-2;1-2/h3,7,9-10,13-14,16H,4-6H2,1-2H3,(H,18,19);1-2H3/b8-3-,11-7-;/t9-,10+,13-,14-;/m1./s1. The van der Waals surface area contributed by atoms with Crippen molar-refractivity contribution in [1.29, 1.82) is 0 Å². The molecule has 0 aromatic rings. The van der Waals surface area contributed by atoms with E-state index in [4.69, 9.17) is 4.74 Å². The van der Waals surface area contributed by atoms with Crippen LogP contribution >= 0.6 is 0 Å². The zero-order valence-corrected chi connectivity index (χ0v) is 13.7. The zero-order valence-electron chi connectivity index (χ0n) is 13.7. The molecule has 2 saturated carbocycles. The second kappa shape index (κ2) is 8.01. The van der Waals surface area contributed by atoms with Crippen molar-refractivity contribution in [3.63, 3.8) is 0 Å². The lowest BCUT2D eigenvalue weighted by Crippen LogP contribution is -2.31. The van der Waals surface area contributed by atoms with Crippen LogP contribution in [0.1, 0.15) is 40.5 Å². The van der Waals surface area contributed by atoms with Crippen molar-refractivity contribution in [3.8, 4) is 0 Å². The van der Waals surface area contributed by atoms with Crippen LogP contribution in [0.5, 0.6) is 0 Å². The van der Waals surface area contributed by atoms with Gasteiger partial charge in [-0.25, -0.2) is 4.79 Å². The summed E-state index contributed by atoms with van der Waals surface area (Å²) >= 11 is 0. The van der Waals surface area contributed by atoms with Gasteiger partial charge in [0.1, 0.15) is 5.76 Å². The van der Waals surface area contributed by atoms with Gasteiger partial charge in [0.25, 0.3) is 0 Å². The number of hydrogen-bond donors (Lipinski definition) is 2. The summed E-state index contributed by atoms with van der Waals surface area (Å²) < 4.78 is 4.76. The Balaban J connectivity index is 0.00000116. The largest absolute Gasteiger partial charge is 0.512 e. The van der Waals surface area contributed by atoms with E-state index in [9.17, 15) is 19.8 Å². The molecule has 0 unspecified atom stereocenters. The number of fused-ring (bicyclic) bond motifs is 2. The smallest absolute Gasteiger partial charge is 0.334 e. The van der Waals surface area contributed by atoms with Crippen molar-refractivity contribution >= 4 is 11.9 Å². The maximum absolute atomic E-state index is 11.5. The molecule has 2 rings (SSSR count). The maximum Gasteiger partial charge on any atom is 0.334 e. The van der Waals surface area contributed by atoms with E-state index in [2.05, 4.69) is 0 Å². The first kappa shape index (κ1) is 18.3. The van der Waals surface area contributed by atoms with Gasteiger partial charge >= 0.3 is 11.9 Å². The number of hydrogen-bond acceptors (Lipinski definition) is 4. The van der Waals surface area contributed by atoms with Crippen LogP contribution in [0.3, 0.4) is 0 Å². The van der Waals surface area contributed by atoms with Gasteiger partial charge in [-0.15, -0.1) is 0 Å². The fourth-order valence-corrected chi connectivity index (χ4v) is 3.79. The predicted molar refractivity (Wildman–Crippen MR) is 83.3 cm³/mol. The van der Waals surface area contributed by atoms with Crippen LogP contribution in [0.15, 0.2) is 23.5 Å². The molecule has 0 aromatic carbocycles. The number of carboxylic acid groups (broad SMARTS) is 1. The van der Waals surface area contributed by atoms with Crippen molar-refractivity contribution in [2.45, 2.75) is 40.5 Å². The molecule has 5 heteroatoms. The number of allylic oxidation sites excluding steroid dienone is 3. The fourth-order valence-electron chi connectivity index (χ4n) is 3.79. The van der Waals surface area contributed by atoms with E-state index in [1.165, 1.54) is 0 Å². The molecule has 5 nitrogen and oxygen atoms in total. The van der Waals surface area contributed by atoms with E-state index in [1.807, 2.05) is 26.8 Å². The molecule has 2 aliphatic rings. The molecule has 0 aliphatic heterocycles. The van der Waals surface area contributed by atoms with E-state index in [0.29, 0.717) is 0 Å². The highest BCUT2D eigenvalue weighted by Gasteiger charge is 2.55. The van der Waals surface area contributed by atoms with E-state index in [1.54, 1.807) is 6.92 Å². The number of carbonyl (C=O) groups is 2. The second-order valence-corrected chi connectivity index (χ2v) is 5.29. The van der Waals surface area contributed by atoms with Crippen LogP contribution in [0.4, 0.5) is 0 Å². The van der Waals surface area contributed by atoms with Gasteiger partial charge in [0.15, 0.2) is 0 Å². The third-order valence-electron chi connectivity index (χ3n) is 4.41. The minimum Gasteiger partial charge on any atom is -0.512 e. The minimum atomic E-state index is -0.912. The Hall–Kier alpha value is -1.78. The van der Waals surface area contributed by atoms with E-state index < -0.39 is 23.8 Å². The van der Waals surface area contributed by atoms with Gasteiger partial charge in [-0.3, -0.25) is 4.79 Å². The monoisotopic (exact) mass is 310 g/mol. The fraction of sp³-hybridized carbons (Fsp3) is 0.647. The van der Waals surface area contributed by atoms with Gasteiger partial charge in [-0.2, -0.15) is 0 Å². The Morgan fingerprint density at radius 1 is 1.18 bits per heavy atom. The number of carbonyl (C=O) groups excluding carboxylic acids is 1. The van der Waals surface area contributed by atoms with Crippen LogP contribution in [0.2, 0.25) is 0 Å². The topological polar surface area (TPSA) is 83.8 Å². The molecule has 0 saturated heterocycles. The lowest BCUT2D eigenvalue weighted by Gasteiger charge is -2.26. The van der Waals surface area contributed by atoms with E-state index in [-0.39, 0.29) is 24.2 Å². The number of esters is 1. The first-order valence-electron chi connectivity index (χ1n) is 7.97. The van der Waals surface area contributed by atoms with Crippen LogP contribution < -0.4 is 0 Å². The number of aliphatic hydroxyl groups is 1. The molecule has 124 valence electrons. The molecule has 2 fully saturated rings. The summed E-state index contributed by atoms with van der Waals surface area (Å²) in [5.41, 5.74) is 1.10. The highest BCUT2D eigenvalue weighted by molar-refractivity contribution is 5.83. The Labute approximate surface area is 131 Å². The summed E-state index contributed by atoms with van der Waals surface area (Å²) in [5.74, 6) is -2.86. The molecule has 0 amide bonds. The first-order chi connectivity index (χ1) is 10.5. The Kier molecular flexibility index (Phi) is 6.65. The van der Waals surface area contributed by atoms with Gasteiger partial charge < -0.3 is 14.9 Å². The normalized spacial score (nSPS) is 31.6. The van der Waals surface area contributed by atoms with E-state index in [0.717, 1.165) is 24.5 Å². The molecule has 0 radical (unpaired) electrons. The van der Waals surface area contributed by atoms with E-state index >= 15 is 0 Å². The minimum absolute atomic E-state index is 0.0229. The van der Waals surface area contributed by atoms with Crippen LogP contribution in [-0.2, 0) is 14.3 Å². The highest BCUT2D eigenvalue weighted by Crippen LogP contribution is 2.57. The summed E-state index contributed by atoms with van der Waals surface area (Å²) in [4.78, 5) is 22.9. The summed E-state index contributed by atoms with van der Waals surface area (Å²) in [6.07, 6.45) is 4.68. The lowest BCUT2D eigenvalue weighted by molar-refractivity contribution is -0.145. The summed E-state index contributed by atoms with van der Waals surface area (Å²) in [6, 6.07) is 0. The maximum atomic E-state index is 11.5. The Bertz CT molecular complexity index is 477. The molecule has 0 spiro atoms. The molecule has 4 atom stereocenters. The second-order valence-electron chi connectivity index (χ2n) is 5.29. The lowest BCUT2D eigenvalue weighted by atomic mass is 9.78. The highest BCUT2D eigenvalue weighted by atomic mass is 16.5. The zero-order chi connectivity index (χ0) is 16.9. The summed E-state index contributed by atoms with van der Waals surface area (Å²) in [7, 11) is 0. The molecule has 22 heavy (non-hydrogen) atoms. The average molecular weight is 310 g/mol.